The van der Waals surface area contributed by atoms with Gasteiger partial charge in [-0.05, 0) is 0 Å². The van der Waals surface area contributed by atoms with Gasteiger partial charge in [0.2, 0.25) is 0 Å². The standard InChI is InChI=1S/C12H8F2N4O2/c1-20-9-3-6(13)2-8(14)10(9)18-11-7(4-17-18)12(19)16-5-15-11/h2-5H,1H3,(H,15,16,19). The minimum atomic E-state index is -0.867. The SMILES string of the molecule is COc1cc(F)cc(F)c1-n1ncc2c(=O)[nH]cnc21. The van der Waals surface area contributed by atoms with E-state index >= 15 is 0 Å². The summed E-state index contributed by atoms with van der Waals surface area (Å²) in [6.07, 6.45) is 2.43. The van der Waals surface area contributed by atoms with Crippen LogP contribution in [-0.2, 0) is 0 Å². The molecule has 2 aromatic heterocycles. The summed E-state index contributed by atoms with van der Waals surface area (Å²) in [7, 11) is 1.28. The first kappa shape index (κ1) is 12.3. The molecule has 0 bridgehead atoms. The van der Waals surface area contributed by atoms with Crippen LogP contribution >= 0.6 is 0 Å². The van der Waals surface area contributed by atoms with E-state index in [1.54, 1.807) is 0 Å². The fraction of sp³-hybridized carbons (Fsp3) is 0.0833. The second-order valence-corrected chi connectivity index (χ2v) is 3.96. The number of fused-ring (bicyclic) bond motifs is 1. The smallest absolute Gasteiger partial charge is 0.261 e. The highest BCUT2D eigenvalue weighted by atomic mass is 19.1. The highest BCUT2D eigenvalue weighted by Gasteiger charge is 2.18. The van der Waals surface area contributed by atoms with Crippen LogP contribution in [0.4, 0.5) is 8.78 Å². The molecule has 6 nitrogen and oxygen atoms in total. The van der Waals surface area contributed by atoms with E-state index in [0.717, 1.165) is 10.7 Å². The van der Waals surface area contributed by atoms with Crippen LogP contribution < -0.4 is 10.3 Å². The number of methoxy groups -OCH3 is 1. The van der Waals surface area contributed by atoms with Crippen molar-refractivity contribution in [3.8, 4) is 11.4 Å². The number of nitrogens with zero attached hydrogens (tertiary/aromatic N) is 3. The molecular weight excluding hydrogens is 270 g/mol. The molecule has 0 atom stereocenters. The minimum absolute atomic E-state index is 0.0467. The summed E-state index contributed by atoms with van der Waals surface area (Å²) in [6, 6.07) is 1.73. The Bertz CT molecular complexity index is 856. The zero-order valence-corrected chi connectivity index (χ0v) is 10.2. The average molecular weight is 278 g/mol. The Labute approximate surface area is 110 Å². The number of aromatic nitrogens is 4. The van der Waals surface area contributed by atoms with Gasteiger partial charge in [0.15, 0.2) is 17.2 Å². The molecule has 102 valence electrons. The molecule has 1 N–H and O–H groups in total. The molecule has 0 fully saturated rings. The van der Waals surface area contributed by atoms with E-state index in [4.69, 9.17) is 4.74 Å². The third-order valence-electron chi connectivity index (χ3n) is 2.80. The van der Waals surface area contributed by atoms with E-state index in [1.165, 1.54) is 19.6 Å². The lowest BCUT2D eigenvalue weighted by Gasteiger charge is -2.10. The maximum absolute atomic E-state index is 14.0. The van der Waals surface area contributed by atoms with E-state index < -0.39 is 17.2 Å². The van der Waals surface area contributed by atoms with Crippen LogP contribution in [0.25, 0.3) is 16.7 Å². The van der Waals surface area contributed by atoms with Gasteiger partial charge in [0.25, 0.3) is 5.56 Å². The number of halogens is 2. The maximum Gasteiger partial charge on any atom is 0.261 e. The summed E-state index contributed by atoms with van der Waals surface area (Å²) in [5, 5.41) is 4.11. The lowest BCUT2D eigenvalue weighted by Crippen LogP contribution is -2.08. The van der Waals surface area contributed by atoms with Gasteiger partial charge in [-0.2, -0.15) is 5.10 Å². The normalized spacial score (nSPS) is 10.9. The molecule has 1 aromatic carbocycles. The number of hydrogen-bond donors (Lipinski definition) is 1. The first-order valence-corrected chi connectivity index (χ1v) is 5.56. The molecule has 3 rings (SSSR count). The Kier molecular flexibility index (Phi) is 2.70. The van der Waals surface area contributed by atoms with E-state index in [2.05, 4.69) is 15.1 Å². The van der Waals surface area contributed by atoms with Crippen molar-refractivity contribution in [2.75, 3.05) is 7.11 Å². The van der Waals surface area contributed by atoms with Crippen molar-refractivity contribution in [1.82, 2.24) is 19.7 Å². The molecule has 0 aliphatic heterocycles. The van der Waals surface area contributed by atoms with Crippen molar-refractivity contribution in [3.63, 3.8) is 0 Å². The molecule has 0 aliphatic carbocycles. The van der Waals surface area contributed by atoms with E-state index in [1.807, 2.05) is 0 Å². The van der Waals surface area contributed by atoms with Gasteiger partial charge >= 0.3 is 0 Å². The van der Waals surface area contributed by atoms with Crippen molar-refractivity contribution in [1.29, 1.82) is 0 Å². The molecule has 8 heteroatoms. The number of H-pyrrole nitrogens is 1. The summed E-state index contributed by atoms with van der Waals surface area (Å²) in [4.78, 5) is 17.9. The molecule has 0 amide bonds. The third kappa shape index (κ3) is 1.73. The van der Waals surface area contributed by atoms with Crippen LogP contribution in [0.2, 0.25) is 0 Å². The Balaban J connectivity index is 2.37. The number of ether oxygens (including phenoxy) is 1. The Morgan fingerprint density at radius 3 is 2.90 bits per heavy atom. The van der Waals surface area contributed by atoms with Crippen LogP contribution in [0.3, 0.4) is 0 Å². The van der Waals surface area contributed by atoms with Crippen molar-refractivity contribution >= 4 is 11.0 Å². The molecule has 0 saturated heterocycles. The second-order valence-electron chi connectivity index (χ2n) is 3.96. The third-order valence-corrected chi connectivity index (χ3v) is 2.80. The lowest BCUT2D eigenvalue weighted by molar-refractivity contribution is 0.403. The second kappa shape index (κ2) is 4.41. The minimum Gasteiger partial charge on any atom is -0.494 e. The first-order valence-electron chi connectivity index (χ1n) is 5.56. The molecule has 0 spiro atoms. The summed E-state index contributed by atoms with van der Waals surface area (Å²) >= 11 is 0. The van der Waals surface area contributed by atoms with E-state index in [9.17, 15) is 13.6 Å². The van der Waals surface area contributed by atoms with Gasteiger partial charge in [-0.15, -0.1) is 0 Å². The highest BCUT2D eigenvalue weighted by molar-refractivity contribution is 5.75. The molecule has 3 aromatic rings. The predicted octanol–water partition coefficient (Wildman–Crippen LogP) is 1.40. The maximum atomic E-state index is 14.0. The Hall–Kier alpha value is -2.77. The van der Waals surface area contributed by atoms with Gasteiger partial charge in [-0.25, -0.2) is 18.4 Å². The van der Waals surface area contributed by atoms with Crippen LogP contribution in [0.1, 0.15) is 0 Å². The molecule has 0 unspecified atom stereocenters. The van der Waals surface area contributed by atoms with Gasteiger partial charge < -0.3 is 9.72 Å². The van der Waals surface area contributed by atoms with Crippen molar-refractivity contribution in [2.45, 2.75) is 0 Å². The molecular formula is C12H8F2N4O2. The topological polar surface area (TPSA) is 72.8 Å². The van der Waals surface area contributed by atoms with Crippen LogP contribution in [0.15, 0.2) is 29.5 Å². The van der Waals surface area contributed by atoms with Gasteiger partial charge in [0, 0.05) is 12.1 Å². The monoisotopic (exact) mass is 278 g/mol. The van der Waals surface area contributed by atoms with Gasteiger partial charge in [-0.1, -0.05) is 0 Å². The molecule has 0 radical (unpaired) electrons. The lowest BCUT2D eigenvalue weighted by atomic mass is 10.2. The van der Waals surface area contributed by atoms with Crippen LogP contribution in [0.5, 0.6) is 5.75 Å². The zero-order valence-electron chi connectivity index (χ0n) is 10.2. The van der Waals surface area contributed by atoms with Gasteiger partial charge in [-0.3, -0.25) is 4.79 Å². The number of benzene rings is 1. The van der Waals surface area contributed by atoms with Crippen molar-refractivity contribution in [3.05, 3.63) is 46.6 Å². The number of nitrogens with one attached hydrogen (secondary N) is 1. The van der Waals surface area contributed by atoms with Crippen LogP contribution in [-0.4, -0.2) is 26.9 Å². The quantitative estimate of drug-likeness (QED) is 0.769. The summed E-state index contributed by atoms with van der Waals surface area (Å²) in [6.45, 7) is 0. The van der Waals surface area contributed by atoms with Gasteiger partial charge in [0.1, 0.15) is 16.9 Å². The average Bonchev–Trinajstić information content (AvgIpc) is 2.83. The summed E-state index contributed by atoms with van der Waals surface area (Å²) in [5.41, 5.74) is -0.359. The van der Waals surface area contributed by atoms with E-state index in [-0.39, 0.29) is 22.5 Å². The Morgan fingerprint density at radius 2 is 2.15 bits per heavy atom. The first-order chi connectivity index (χ1) is 9.61. The fourth-order valence-corrected chi connectivity index (χ4v) is 1.92. The molecule has 20 heavy (non-hydrogen) atoms. The van der Waals surface area contributed by atoms with Crippen molar-refractivity contribution < 1.29 is 13.5 Å². The highest BCUT2D eigenvalue weighted by Crippen LogP contribution is 2.28. The fourth-order valence-electron chi connectivity index (χ4n) is 1.92. The summed E-state index contributed by atoms with van der Waals surface area (Å²) < 4.78 is 33.2. The number of hydrogen-bond acceptors (Lipinski definition) is 4. The number of aromatic amines is 1. The molecule has 0 aliphatic rings. The zero-order chi connectivity index (χ0) is 14.3. The Morgan fingerprint density at radius 1 is 1.35 bits per heavy atom. The summed E-state index contributed by atoms with van der Waals surface area (Å²) in [5.74, 6) is -1.69. The van der Waals surface area contributed by atoms with Crippen molar-refractivity contribution in [2.24, 2.45) is 0 Å². The van der Waals surface area contributed by atoms with E-state index in [0.29, 0.717) is 6.07 Å². The largest absolute Gasteiger partial charge is 0.494 e. The van der Waals surface area contributed by atoms with Crippen LogP contribution in [0, 0.1) is 11.6 Å². The predicted molar refractivity (Wildman–Crippen MR) is 66.0 cm³/mol. The number of rotatable bonds is 2. The molecule has 2 heterocycles. The van der Waals surface area contributed by atoms with Gasteiger partial charge in [0.05, 0.1) is 19.6 Å². The molecule has 0 saturated carbocycles.